The van der Waals surface area contributed by atoms with Crippen LogP contribution < -0.4 is 14.5 Å². The van der Waals surface area contributed by atoms with E-state index in [-0.39, 0.29) is 5.41 Å². The highest BCUT2D eigenvalue weighted by atomic mass is 16.5. The molecule has 0 radical (unpaired) electrons. The summed E-state index contributed by atoms with van der Waals surface area (Å²) in [4.78, 5) is 4.90. The summed E-state index contributed by atoms with van der Waals surface area (Å²) in [5.74, 6) is 1.54. The second-order valence-corrected chi connectivity index (χ2v) is 13.0. The number of fused-ring (bicyclic) bond motifs is 4. The molecule has 5 nitrogen and oxygen atoms in total. The summed E-state index contributed by atoms with van der Waals surface area (Å²) in [6.45, 7) is 5.37. The van der Waals surface area contributed by atoms with E-state index >= 15 is 0 Å². The van der Waals surface area contributed by atoms with E-state index in [1.54, 1.807) is 6.20 Å². The van der Waals surface area contributed by atoms with Crippen molar-refractivity contribution in [3.63, 3.8) is 0 Å². The summed E-state index contributed by atoms with van der Waals surface area (Å²) in [6.07, 6.45) is 3.71. The number of hydrogen-bond acceptors (Lipinski definition) is 4. The fourth-order valence-electron chi connectivity index (χ4n) is 7.50. The van der Waals surface area contributed by atoms with Crippen LogP contribution in [0.15, 0.2) is 158 Å². The first kappa shape index (κ1) is 28.2. The largest absolute Gasteiger partial charge is 0.457 e. The zero-order valence-electron chi connectivity index (χ0n) is 26.9. The van der Waals surface area contributed by atoms with Crippen molar-refractivity contribution in [2.24, 2.45) is 0 Å². The maximum absolute atomic E-state index is 6.43. The molecule has 0 bridgehead atoms. The third kappa shape index (κ3) is 4.50. The van der Waals surface area contributed by atoms with Crippen molar-refractivity contribution in [1.29, 1.82) is 0 Å². The van der Waals surface area contributed by atoms with Gasteiger partial charge in [-0.3, -0.25) is 0 Å². The molecule has 0 atom stereocenters. The predicted octanol–water partition coefficient (Wildman–Crippen LogP) is 10.9. The van der Waals surface area contributed by atoms with E-state index in [1.807, 2.05) is 47.3 Å². The maximum atomic E-state index is 6.43. The Hall–Kier alpha value is -6.07. The standard InChI is InChI=1S/C43H34N4O/c1-43(2)37-20-7-6-19-36(37)41-38(43)24-23-35(30-13-4-3-5-14-30)42(41)46-29-45(39-21-8-9-22-40(39)46)31-15-10-17-33(27-31)48-34-18-11-16-32(28-34)47-26-12-25-44-47/h3-28H,29H2,1-2H3. The van der Waals surface area contributed by atoms with Gasteiger partial charge in [-0.25, -0.2) is 4.68 Å². The molecule has 5 heteroatoms. The zero-order chi connectivity index (χ0) is 32.2. The van der Waals surface area contributed by atoms with Crippen molar-refractivity contribution in [2.75, 3.05) is 16.5 Å². The smallest absolute Gasteiger partial charge is 0.129 e. The summed E-state index contributed by atoms with van der Waals surface area (Å²) in [5.41, 5.74) is 13.3. The van der Waals surface area contributed by atoms with Crippen molar-refractivity contribution in [2.45, 2.75) is 19.3 Å². The molecule has 1 aliphatic heterocycles. The highest BCUT2D eigenvalue weighted by Crippen LogP contribution is 2.57. The number of rotatable bonds is 6. The lowest BCUT2D eigenvalue weighted by molar-refractivity contribution is 0.482. The lowest BCUT2D eigenvalue weighted by Crippen LogP contribution is -2.25. The summed E-state index contributed by atoms with van der Waals surface area (Å²) < 4.78 is 8.27. The molecule has 1 aliphatic carbocycles. The summed E-state index contributed by atoms with van der Waals surface area (Å²) in [5, 5.41) is 4.37. The summed E-state index contributed by atoms with van der Waals surface area (Å²) >= 11 is 0. The third-order valence-electron chi connectivity index (χ3n) is 9.77. The van der Waals surface area contributed by atoms with Gasteiger partial charge in [0.1, 0.15) is 18.2 Å². The minimum Gasteiger partial charge on any atom is -0.457 e. The Kier molecular flexibility index (Phi) is 6.47. The van der Waals surface area contributed by atoms with Crippen LogP contribution in [0, 0.1) is 0 Å². The highest BCUT2D eigenvalue weighted by Gasteiger charge is 2.40. The van der Waals surface area contributed by atoms with Gasteiger partial charge in [-0.2, -0.15) is 5.10 Å². The second kappa shape index (κ2) is 11.0. The molecule has 0 N–H and O–H groups in total. The van der Waals surface area contributed by atoms with Crippen molar-refractivity contribution in [3.8, 4) is 39.4 Å². The minimum absolute atomic E-state index is 0.102. The van der Waals surface area contributed by atoms with Gasteiger partial charge in [0.2, 0.25) is 0 Å². The number of nitrogens with zero attached hydrogens (tertiary/aromatic N) is 4. The van der Waals surface area contributed by atoms with Crippen LogP contribution in [-0.4, -0.2) is 16.4 Å². The molecular formula is C43H34N4O. The molecule has 232 valence electrons. The average Bonchev–Trinajstić information content (AvgIpc) is 3.86. The molecule has 0 amide bonds. The van der Waals surface area contributed by atoms with Gasteiger partial charge in [0.05, 0.1) is 22.7 Å². The molecule has 9 rings (SSSR count). The van der Waals surface area contributed by atoms with Crippen LogP contribution in [0.4, 0.5) is 22.7 Å². The van der Waals surface area contributed by atoms with Crippen LogP contribution >= 0.6 is 0 Å². The first-order valence-corrected chi connectivity index (χ1v) is 16.4. The van der Waals surface area contributed by atoms with Gasteiger partial charge in [-0.1, -0.05) is 105 Å². The van der Waals surface area contributed by atoms with Crippen molar-refractivity contribution < 1.29 is 4.74 Å². The molecule has 0 saturated carbocycles. The minimum atomic E-state index is -0.102. The van der Waals surface area contributed by atoms with Crippen LogP contribution in [0.1, 0.15) is 25.0 Å². The normalized spacial score (nSPS) is 14.0. The van der Waals surface area contributed by atoms with E-state index in [4.69, 9.17) is 4.74 Å². The van der Waals surface area contributed by atoms with Crippen LogP contribution in [0.2, 0.25) is 0 Å². The van der Waals surface area contributed by atoms with Gasteiger partial charge >= 0.3 is 0 Å². The molecule has 0 saturated heterocycles. The lowest BCUT2D eigenvalue weighted by atomic mass is 9.82. The van der Waals surface area contributed by atoms with E-state index < -0.39 is 0 Å². The fraction of sp³-hybridized carbons (Fsp3) is 0.0930. The van der Waals surface area contributed by atoms with Gasteiger partial charge < -0.3 is 14.5 Å². The first-order chi connectivity index (χ1) is 23.6. The Balaban J connectivity index is 1.15. The van der Waals surface area contributed by atoms with Gasteiger partial charge in [0.15, 0.2) is 0 Å². The molecule has 2 aliphatic rings. The van der Waals surface area contributed by atoms with E-state index in [0.717, 1.165) is 28.6 Å². The molecule has 0 fully saturated rings. The highest BCUT2D eigenvalue weighted by molar-refractivity contribution is 6.02. The third-order valence-corrected chi connectivity index (χ3v) is 9.77. The Morgan fingerprint density at radius 1 is 0.583 bits per heavy atom. The molecule has 1 aromatic heterocycles. The Morgan fingerprint density at radius 2 is 1.27 bits per heavy atom. The number of benzene rings is 6. The Labute approximate surface area is 280 Å². The number of aromatic nitrogens is 2. The Bertz CT molecular complexity index is 2290. The molecule has 6 aromatic carbocycles. The first-order valence-electron chi connectivity index (χ1n) is 16.4. The summed E-state index contributed by atoms with van der Waals surface area (Å²) in [6, 6.07) is 51.4. The number of hydrogen-bond donors (Lipinski definition) is 0. The monoisotopic (exact) mass is 622 g/mol. The van der Waals surface area contributed by atoms with Gasteiger partial charge in [-0.15, -0.1) is 0 Å². The van der Waals surface area contributed by atoms with Gasteiger partial charge in [-0.05, 0) is 64.7 Å². The van der Waals surface area contributed by atoms with Crippen LogP contribution in [-0.2, 0) is 5.41 Å². The van der Waals surface area contributed by atoms with E-state index in [0.29, 0.717) is 6.67 Å². The maximum Gasteiger partial charge on any atom is 0.129 e. The predicted molar refractivity (Wildman–Crippen MR) is 195 cm³/mol. The van der Waals surface area contributed by atoms with Crippen molar-refractivity contribution in [3.05, 3.63) is 169 Å². The lowest BCUT2D eigenvalue weighted by Gasteiger charge is -2.28. The van der Waals surface area contributed by atoms with Crippen molar-refractivity contribution >= 4 is 22.7 Å². The number of para-hydroxylation sites is 2. The molecule has 0 unspecified atom stereocenters. The van der Waals surface area contributed by atoms with E-state index in [9.17, 15) is 0 Å². The van der Waals surface area contributed by atoms with E-state index in [2.05, 4.69) is 138 Å². The number of ether oxygens (including phenoxy) is 1. The fourth-order valence-corrected chi connectivity index (χ4v) is 7.50. The quantitative estimate of drug-likeness (QED) is 0.185. The van der Waals surface area contributed by atoms with E-state index in [1.165, 1.54) is 44.8 Å². The van der Waals surface area contributed by atoms with Crippen molar-refractivity contribution in [1.82, 2.24) is 9.78 Å². The second-order valence-electron chi connectivity index (χ2n) is 13.0. The molecule has 0 spiro atoms. The van der Waals surface area contributed by atoms with Crippen LogP contribution in [0.3, 0.4) is 0 Å². The topological polar surface area (TPSA) is 33.5 Å². The number of anilines is 4. The SMILES string of the molecule is CC1(C)c2ccccc2-c2c1ccc(-c1ccccc1)c2N1CN(c2cccc(Oc3cccc(-n4cccn4)c3)c2)c2ccccc21. The van der Waals surface area contributed by atoms with Crippen LogP contribution in [0.25, 0.3) is 27.9 Å². The molecule has 7 aromatic rings. The summed E-state index contributed by atoms with van der Waals surface area (Å²) in [7, 11) is 0. The molecule has 48 heavy (non-hydrogen) atoms. The van der Waals surface area contributed by atoms with Gasteiger partial charge in [0.25, 0.3) is 0 Å². The molecule has 2 heterocycles. The average molecular weight is 623 g/mol. The zero-order valence-corrected chi connectivity index (χ0v) is 26.9. The molecular weight excluding hydrogens is 589 g/mol. The Morgan fingerprint density at radius 3 is 2.04 bits per heavy atom. The van der Waals surface area contributed by atoms with Gasteiger partial charge in [0, 0.05) is 46.8 Å². The van der Waals surface area contributed by atoms with Crippen LogP contribution in [0.5, 0.6) is 11.5 Å².